The summed E-state index contributed by atoms with van der Waals surface area (Å²) in [6.45, 7) is 5.26. The number of piperidine rings is 1. The summed E-state index contributed by atoms with van der Waals surface area (Å²) in [6.07, 6.45) is 5.77. The van der Waals surface area contributed by atoms with E-state index in [0.717, 1.165) is 38.9 Å². The highest BCUT2D eigenvalue weighted by Crippen LogP contribution is 2.59. The summed E-state index contributed by atoms with van der Waals surface area (Å²) in [5.74, 6) is 0.742. The zero-order chi connectivity index (χ0) is 15.2. The normalized spacial score (nSPS) is 28.5. The first-order chi connectivity index (χ1) is 10.7. The monoisotopic (exact) mass is 334 g/mol. The molecule has 1 amide bonds. The van der Waals surface area contributed by atoms with Crippen molar-refractivity contribution in [2.75, 3.05) is 19.6 Å². The predicted molar refractivity (Wildman–Crippen MR) is 94.8 cm³/mol. The van der Waals surface area contributed by atoms with Crippen LogP contribution in [0, 0.1) is 18.3 Å². The van der Waals surface area contributed by atoms with Gasteiger partial charge in [-0.2, -0.15) is 0 Å². The minimum absolute atomic E-state index is 0. The van der Waals surface area contributed by atoms with Crippen molar-refractivity contribution in [2.45, 2.75) is 45.1 Å². The quantitative estimate of drug-likeness (QED) is 0.898. The number of carbonyl (C=O) groups excluding carboxylic acids is 1. The molecule has 126 valence electrons. The third-order valence-electron chi connectivity index (χ3n) is 6.05. The lowest BCUT2D eigenvalue weighted by atomic mass is 9.91. The van der Waals surface area contributed by atoms with Crippen LogP contribution >= 0.6 is 12.4 Å². The first kappa shape index (κ1) is 16.8. The molecule has 4 heteroatoms. The van der Waals surface area contributed by atoms with E-state index in [9.17, 15) is 4.79 Å². The van der Waals surface area contributed by atoms with Gasteiger partial charge in [0, 0.05) is 12.5 Å². The van der Waals surface area contributed by atoms with E-state index in [-0.39, 0.29) is 12.4 Å². The van der Waals surface area contributed by atoms with E-state index in [1.54, 1.807) is 0 Å². The Morgan fingerprint density at radius 3 is 2.83 bits per heavy atom. The molecule has 1 spiro atoms. The smallest absolute Gasteiger partial charge is 0.226 e. The molecule has 4 rings (SSSR count). The number of hydrogen-bond acceptors (Lipinski definition) is 2. The molecule has 0 bridgehead atoms. The van der Waals surface area contributed by atoms with Crippen molar-refractivity contribution in [3.63, 3.8) is 0 Å². The van der Waals surface area contributed by atoms with E-state index in [2.05, 4.69) is 41.4 Å². The van der Waals surface area contributed by atoms with Crippen LogP contribution in [0.25, 0.3) is 0 Å². The molecule has 3 fully saturated rings. The summed E-state index contributed by atoms with van der Waals surface area (Å²) in [4.78, 5) is 15.2. The van der Waals surface area contributed by atoms with Crippen LogP contribution in [0.15, 0.2) is 24.3 Å². The fourth-order valence-electron chi connectivity index (χ4n) is 4.63. The Hall–Kier alpha value is -1.06. The number of likely N-dealkylation sites (tertiary alicyclic amines) is 1. The Balaban J connectivity index is 0.00000156. The lowest BCUT2D eigenvalue weighted by Crippen LogP contribution is -2.36. The summed E-state index contributed by atoms with van der Waals surface area (Å²) in [5.41, 5.74) is 2.96. The average molecular weight is 335 g/mol. The Bertz CT molecular complexity index is 582. The number of amides is 1. The highest BCUT2D eigenvalue weighted by Gasteiger charge is 2.59. The van der Waals surface area contributed by atoms with Gasteiger partial charge in [-0.1, -0.05) is 29.8 Å². The van der Waals surface area contributed by atoms with Gasteiger partial charge in [-0.3, -0.25) is 4.79 Å². The molecular weight excluding hydrogens is 308 g/mol. The summed E-state index contributed by atoms with van der Waals surface area (Å²) in [7, 11) is 0. The van der Waals surface area contributed by atoms with Gasteiger partial charge in [0.15, 0.2) is 0 Å². The third-order valence-corrected chi connectivity index (χ3v) is 6.05. The molecule has 23 heavy (non-hydrogen) atoms. The van der Waals surface area contributed by atoms with Gasteiger partial charge in [-0.25, -0.2) is 0 Å². The van der Waals surface area contributed by atoms with Crippen molar-refractivity contribution in [2.24, 2.45) is 11.3 Å². The molecule has 2 unspecified atom stereocenters. The molecule has 1 aromatic rings. The number of halogens is 1. The van der Waals surface area contributed by atoms with E-state index in [0.29, 0.717) is 23.3 Å². The molecule has 2 saturated heterocycles. The van der Waals surface area contributed by atoms with E-state index in [4.69, 9.17) is 0 Å². The molecule has 1 aliphatic carbocycles. The number of benzene rings is 1. The molecule has 1 aromatic carbocycles. The molecule has 0 radical (unpaired) electrons. The van der Waals surface area contributed by atoms with Crippen molar-refractivity contribution >= 4 is 18.3 Å². The standard InChI is InChI=1S/C19H26N2O.ClH/c1-14-4-2-5-15(12-14)17-6-3-11-21(17)18(22)16-13-19(16)7-9-20-10-8-19;/h2,4-5,12,16-17,20H,3,6-11,13H2,1H3;1H. The van der Waals surface area contributed by atoms with Gasteiger partial charge >= 0.3 is 0 Å². The van der Waals surface area contributed by atoms with Crippen LogP contribution in [0.5, 0.6) is 0 Å². The van der Waals surface area contributed by atoms with Crippen LogP contribution in [0.2, 0.25) is 0 Å². The topological polar surface area (TPSA) is 32.3 Å². The van der Waals surface area contributed by atoms with Crippen LogP contribution in [-0.4, -0.2) is 30.4 Å². The summed E-state index contributed by atoms with van der Waals surface area (Å²) < 4.78 is 0. The maximum Gasteiger partial charge on any atom is 0.226 e. The number of nitrogens with zero attached hydrogens (tertiary/aromatic N) is 1. The second-order valence-electron chi connectivity index (χ2n) is 7.47. The number of hydrogen-bond donors (Lipinski definition) is 1. The molecule has 2 aliphatic heterocycles. The van der Waals surface area contributed by atoms with Crippen molar-refractivity contribution in [3.05, 3.63) is 35.4 Å². The van der Waals surface area contributed by atoms with Gasteiger partial charge in [-0.05, 0) is 63.1 Å². The largest absolute Gasteiger partial charge is 0.335 e. The maximum absolute atomic E-state index is 13.1. The molecule has 2 heterocycles. The number of nitrogens with one attached hydrogen (secondary N) is 1. The van der Waals surface area contributed by atoms with Gasteiger partial charge in [-0.15, -0.1) is 12.4 Å². The van der Waals surface area contributed by atoms with Crippen LogP contribution in [0.4, 0.5) is 0 Å². The molecule has 3 aliphatic rings. The molecule has 0 aromatic heterocycles. The fraction of sp³-hybridized carbons (Fsp3) is 0.632. The second-order valence-corrected chi connectivity index (χ2v) is 7.47. The number of aryl methyl sites for hydroxylation is 1. The minimum atomic E-state index is 0. The third kappa shape index (κ3) is 3.01. The fourth-order valence-corrected chi connectivity index (χ4v) is 4.63. The van der Waals surface area contributed by atoms with Crippen molar-refractivity contribution < 1.29 is 4.79 Å². The van der Waals surface area contributed by atoms with Crippen LogP contribution < -0.4 is 5.32 Å². The molecular formula is C19H27ClN2O. The van der Waals surface area contributed by atoms with Gasteiger partial charge in [0.25, 0.3) is 0 Å². The van der Waals surface area contributed by atoms with Gasteiger partial charge < -0.3 is 10.2 Å². The number of rotatable bonds is 2. The molecule has 2 atom stereocenters. The Morgan fingerprint density at radius 1 is 1.30 bits per heavy atom. The van der Waals surface area contributed by atoms with Crippen molar-refractivity contribution in [1.29, 1.82) is 0 Å². The summed E-state index contributed by atoms with van der Waals surface area (Å²) >= 11 is 0. The maximum atomic E-state index is 13.1. The van der Waals surface area contributed by atoms with Gasteiger partial charge in [0.05, 0.1) is 6.04 Å². The lowest BCUT2D eigenvalue weighted by Gasteiger charge is -2.28. The lowest BCUT2D eigenvalue weighted by molar-refractivity contribution is -0.134. The van der Waals surface area contributed by atoms with E-state index in [1.807, 2.05) is 0 Å². The Labute approximate surface area is 145 Å². The molecule has 1 N–H and O–H groups in total. The van der Waals surface area contributed by atoms with E-state index in [1.165, 1.54) is 24.0 Å². The highest BCUT2D eigenvalue weighted by atomic mass is 35.5. The summed E-state index contributed by atoms with van der Waals surface area (Å²) in [6, 6.07) is 9.01. The Morgan fingerprint density at radius 2 is 2.09 bits per heavy atom. The minimum Gasteiger partial charge on any atom is -0.335 e. The molecule has 1 saturated carbocycles. The first-order valence-electron chi connectivity index (χ1n) is 8.77. The van der Waals surface area contributed by atoms with Crippen molar-refractivity contribution in [1.82, 2.24) is 10.2 Å². The van der Waals surface area contributed by atoms with Crippen molar-refractivity contribution in [3.8, 4) is 0 Å². The molecule has 3 nitrogen and oxygen atoms in total. The van der Waals surface area contributed by atoms with E-state index >= 15 is 0 Å². The van der Waals surface area contributed by atoms with E-state index < -0.39 is 0 Å². The van der Waals surface area contributed by atoms with Crippen LogP contribution in [0.1, 0.15) is 49.3 Å². The van der Waals surface area contributed by atoms with Crippen LogP contribution in [-0.2, 0) is 4.79 Å². The zero-order valence-corrected chi connectivity index (χ0v) is 14.7. The zero-order valence-electron chi connectivity index (χ0n) is 13.9. The highest BCUT2D eigenvalue weighted by molar-refractivity contribution is 5.85. The number of carbonyl (C=O) groups is 1. The predicted octanol–water partition coefficient (Wildman–Crippen LogP) is 3.47. The first-order valence-corrected chi connectivity index (χ1v) is 8.77. The van der Waals surface area contributed by atoms with Gasteiger partial charge in [0.2, 0.25) is 5.91 Å². The second kappa shape index (κ2) is 6.45. The Kier molecular flexibility index (Phi) is 4.70. The van der Waals surface area contributed by atoms with Gasteiger partial charge in [0.1, 0.15) is 0 Å². The summed E-state index contributed by atoms with van der Waals surface area (Å²) in [5, 5.41) is 3.43. The average Bonchev–Trinajstić information content (AvgIpc) is 2.99. The SMILES string of the molecule is Cc1cccc(C2CCCN2C(=O)C2CC23CCNCC3)c1.Cl. The van der Waals surface area contributed by atoms with Crippen LogP contribution in [0.3, 0.4) is 0 Å².